The summed E-state index contributed by atoms with van der Waals surface area (Å²) in [6.07, 6.45) is -6.18. The molecule has 1 aliphatic heterocycles. The smallest absolute Gasteiger partial charge is 0.394 e. The van der Waals surface area contributed by atoms with Crippen LogP contribution in [0.15, 0.2) is 15.8 Å². The van der Waals surface area contributed by atoms with Gasteiger partial charge in [-0.3, -0.25) is 19.1 Å². The summed E-state index contributed by atoms with van der Waals surface area (Å²) in [5.74, 6) is -2.16. The molecule has 0 saturated carbocycles. The van der Waals surface area contributed by atoms with Crippen LogP contribution in [-0.4, -0.2) is 45.5 Å². The van der Waals surface area contributed by atoms with Gasteiger partial charge in [0.2, 0.25) is 0 Å². The lowest BCUT2D eigenvalue weighted by Crippen LogP contribution is -2.47. The third-order valence-corrected chi connectivity index (χ3v) is 3.99. The van der Waals surface area contributed by atoms with E-state index < -0.39 is 48.3 Å². The van der Waals surface area contributed by atoms with Crippen molar-refractivity contribution in [3.8, 4) is 0 Å². The van der Waals surface area contributed by atoms with Crippen LogP contribution >= 0.6 is 22.6 Å². The lowest BCUT2D eigenvalue weighted by Gasteiger charge is -2.18. The van der Waals surface area contributed by atoms with Gasteiger partial charge in [0, 0.05) is 12.6 Å². The third-order valence-electron chi connectivity index (χ3n) is 3.22. The standard InChI is InChI=1S/C11H11F3IN3O5/c12-11(13,14)9(21)16-5-1-7(23-6(5)3-19)18-2-4(15)8(20)17-10(18)22/h2,5-7,19H,1,3H2,(H,16,21)(H,17,20,22)/t5-,6+,7+/m0/s1. The van der Waals surface area contributed by atoms with Crippen molar-refractivity contribution in [2.24, 2.45) is 0 Å². The Balaban J connectivity index is 2.22. The van der Waals surface area contributed by atoms with Gasteiger partial charge in [-0.05, 0) is 22.6 Å². The molecule has 1 amide bonds. The molecule has 0 spiro atoms. The predicted molar refractivity (Wildman–Crippen MR) is 77.6 cm³/mol. The maximum absolute atomic E-state index is 12.3. The van der Waals surface area contributed by atoms with Gasteiger partial charge in [-0.1, -0.05) is 0 Å². The highest BCUT2D eigenvalue weighted by molar-refractivity contribution is 14.1. The van der Waals surface area contributed by atoms with Crippen LogP contribution in [-0.2, 0) is 9.53 Å². The number of aliphatic hydroxyl groups excluding tert-OH is 1. The summed E-state index contributed by atoms with van der Waals surface area (Å²) in [6, 6.07) is -1.13. The van der Waals surface area contributed by atoms with Crippen molar-refractivity contribution in [2.75, 3.05) is 6.61 Å². The van der Waals surface area contributed by atoms with Crippen LogP contribution in [0, 0.1) is 3.57 Å². The summed E-state index contributed by atoms with van der Waals surface area (Å²) in [5, 5.41) is 10.9. The number of amides is 1. The van der Waals surface area contributed by atoms with Gasteiger partial charge in [-0.2, -0.15) is 13.2 Å². The summed E-state index contributed by atoms with van der Waals surface area (Å²) in [6.45, 7) is -0.644. The highest BCUT2D eigenvalue weighted by atomic mass is 127. The SMILES string of the molecule is O=C(N[C@H]1C[C@H](n2cc(I)c(=O)[nH]c2=O)O[C@@H]1CO)C(F)(F)F. The lowest BCUT2D eigenvalue weighted by molar-refractivity contribution is -0.174. The van der Waals surface area contributed by atoms with Crippen LogP contribution in [0.4, 0.5) is 13.2 Å². The second kappa shape index (κ2) is 6.60. The van der Waals surface area contributed by atoms with E-state index in [4.69, 9.17) is 4.74 Å². The van der Waals surface area contributed by atoms with Crippen molar-refractivity contribution >= 4 is 28.5 Å². The maximum atomic E-state index is 12.3. The molecule has 1 aliphatic rings. The Labute approximate surface area is 139 Å². The number of nitrogens with zero attached hydrogens (tertiary/aromatic N) is 1. The number of hydrogen-bond donors (Lipinski definition) is 3. The zero-order valence-electron chi connectivity index (χ0n) is 11.3. The topological polar surface area (TPSA) is 113 Å². The molecule has 128 valence electrons. The summed E-state index contributed by atoms with van der Waals surface area (Å²) in [4.78, 5) is 36.1. The molecule has 0 unspecified atom stereocenters. The third kappa shape index (κ3) is 3.92. The van der Waals surface area contributed by atoms with Crippen molar-refractivity contribution in [1.29, 1.82) is 0 Å². The van der Waals surface area contributed by atoms with Crippen LogP contribution in [0.1, 0.15) is 12.6 Å². The zero-order chi connectivity index (χ0) is 17.4. The number of aromatic nitrogens is 2. The molecule has 0 bridgehead atoms. The Morgan fingerprint density at radius 3 is 2.74 bits per heavy atom. The summed E-state index contributed by atoms with van der Waals surface area (Å²) < 4.78 is 43.4. The quantitative estimate of drug-likeness (QED) is 0.538. The number of aliphatic hydroxyl groups is 1. The molecule has 3 N–H and O–H groups in total. The molecule has 0 aliphatic carbocycles. The number of aromatic amines is 1. The first-order valence-corrected chi connectivity index (χ1v) is 7.36. The Kier molecular flexibility index (Phi) is 5.15. The van der Waals surface area contributed by atoms with E-state index in [0.717, 1.165) is 4.57 Å². The van der Waals surface area contributed by atoms with Gasteiger partial charge in [-0.15, -0.1) is 0 Å². The fourth-order valence-electron chi connectivity index (χ4n) is 2.15. The normalized spacial score (nSPS) is 24.7. The fraction of sp³-hybridized carbons (Fsp3) is 0.545. The van der Waals surface area contributed by atoms with E-state index in [9.17, 15) is 32.7 Å². The monoisotopic (exact) mass is 449 g/mol. The number of carbonyl (C=O) groups excluding carboxylic acids is 1. The molecule has 1 fully saturated rings. The second-order valence-corrected chi connectivity index (χ2v) is 5.93. The number of hydrogen-bond acceptors (Lipinski definition) is 5. The van der Waals surface area contributed by atoms with Crippen molar-refractivity contribution < 1.29 is 27.8 Å². The van der Waals surface area contributed by atoms with Gasteiger partial charge in [0.05, 0.1) is 16.2 Å². The molecule has 1 saturated heterocycles. The first-order chi connectivity index (χ1) is 10.6. The van der Waals surface area contributed by atoms with Gasteiger partial charge in [0.25, 0.3) is 5.56 Å². The van der Waals surface area contributed by atoms with Gasteiger partial charge in [-0.25, -0.2) is 4.79 Å². The Morgan fingerprint density at radius 2 is 2.17 bits per heavy atom. The number of carbonyl (C=O) groups is 1. The van der Waals surface area contributed by atoms with Crippen LogP contribution in [0.2, 0.25) is 0 Å². The molecule has 1 aromatic rings. The molecule has 12 heteroatoms. The molecule has 2 rings (SSSR count). The van der Waals surface area contributed by atoms with Gasteiger partial charge in [0.15, 0.2) is 0 Å². The molecular weight excluding hydrogens is 438 g/mol. The number of ether oxygens (including phenoxy) is 1. The second-order valence-electron chi connectivity index (χ2n) is 4.77. The number of rotatable bonds is 3. The minimum atomic E-state index is -5.07. The predicted octanol–water partition coefficient (Wildman–Crippen LogP) is -0.532. The van der Waals surface area contributed by atoms with Gasteiger partial charge >= 0.3 is 17.8 Å². The molecule has 1 aromatic heterocycles. The van der Waals surface area contributed by atoms with Crippen molar-refractivity contribution in [3.63, 3.8) is 0 Å². The maximum Gasteiger partial charge on any atom is 0.471 e. The molecule has 3 atom stereocenters. The van der Waals surface area contributed by atoms with E-state index in [1.807, 2.05) is 4.98 Å². The summed E-state index contributed by atoms with van der Waals surface area (Å²) in [7, 11) is 0. The van der Waals surface area contributed by atoms with Crippen LogP contribution in [0.5, 0.6) is 0 Å². The summed E-state index contributed by atoms with van der Waals surface area (Å²) in [5.41, 5.74) is -1.41. The number of halogens is 4. The first kappa shape index (κ1) is 17.9. The van der Waals surface area contributed by atoms with Crippen LogP contribution in [0.3, 0.4) is 0 Å². The minimum absolute atomic E-state index is 0.172. The first-order valence-electron chi connectivity index (χ1n) is 6.28. The van der Waals surface area contributed by atoms with E-state index in [1.165, 1.54) is 6.20 Å². The average molecular weight is 449 g/mol. The zero-order valence-corrected chi connectivity index (χ0v) is 13.4. The summed E-state index contributed by atoms with van der Waals surface area (Å²) >= 11 is 1.68. The van der Waals surface area contributed by atoms with Crippen LogP contribution < -0.4 is 16.6 Å². The number of alkyl halides is 3. The molecule has 2 heterocycles. The van der Waals surface area contributed by atoms with E-state index in [2.05, 4.69) is 0 Å². The largest absolute Gasteiger partial charge is 0.471 e. The minimum Gasteiger partial charge on any atom is -0.394 e. The molecular formula is C11H11F3IN3O5. The highest BCUT2D eigenvalue weighted by Crippen LogP contribution is 2.28. The number of H-pyrrole nitrogens is 1. The molecule has 0 aromatic carbocycles. The van der Waals surface area contributed by atoms with Crippen LogP contribution in [0.25, 0.3) is 0 Å². The van der Waals surface area contributed by atoms with Gasteiger partial charge in [0.1, 0.15) is 12.3 Å². The number of nitrogens with one attached hydrogen (secondary N) is 2. The van der Waals surface area contributed by atoms with Crippen molar-refractivity contribution in [1.82, 2.24) is 14.9 Å². The Morgan fingerprint density at radius 1 is 1.52 bits per heavy atom. The fourth-order valence-corrected chi connectivity index (χ4v) is 2.58. The van der Waals surface area contributed by atoms with E-state index in [0.29, 0.717) is 0 Å². The highest BCUT2D eigenvalue weighted by Gasteiger charge is 2.44. The van der Waals surface area contributed by atoms with Crippen molar-refractivity contribution in [2.45, 2.75) is 31.0 Å². The molecule has 0 radical (unpaired) electrons. The van der Waals surface area contributed by atoms with Gasteiger partial charge < -0.3 is 15.2 Å². The van der Waals surface area contributed by atoms with Crippen molar-refractivity contribution in [3.05, 3.63) is 30.6 Å². The lowest BCUT2D eigenvalue weighted by atomic mass is 10.1. The van der Waals surface area contributed by atoms with E-state index in [-0.39, 0.29) is 9.99 Å². The Hall–Kier alpha value is -1.41. The average Bonchev–Trinajstić information content (AvgIpc) is 2.84. The Bertz CT molecular complexity index is 716. The molecule has 23 heavy (non-hydrogen) atoms. The van der Waals surface area contributed by atoms with E-state index in [1.54, 1.807) is 27.9 Å². The molecule has 8 nitrogen and oxygen atoms in total. The van der Waals surface area contributed by atoms with E-state index >= 15 is 0 Å².